The molecule has 29 heavy (non-hydrogen) atoms. The van der Waals surface area contributed by atoms with Crippen molar-refractivity contribution in [1.82, 2.24) is 9.80 Å². The van der Waals surface area contributed by atoms with Crippen LogP contribution in [-0.4, -0.2) is 54.5 Å². The molecule has 2 aromatic carbocycles. The molecule has 4 aliphatic heterocycles. The molecular weight excluding hydrogens is 360 g/mol. The van der Waals surface area contributed by atoms with Crippen LogP contribution in [0.4, 0.5) is 0 Å². The Balaban J connectivity index is 1.51. The average Bonchev–Trinajstić information content (AvgIpc) is 3.17. The molecule has 4 heterocycles. The summed E-state index contributed by atoms with van der Waals surface area (Å²) in [6, 6.07) is 15.5. The lowest BCUT2D eigenvalue weighted by Gasteiger charge is -2.51. The Morgan fingerprint density at radius 3 is 2.38 bits per heavy atom. The Hall–Kier alpha value is -2.33. The topological polar surface area (TPSA) is 32.8 Å². The number of carbonyl (C=O) groups excluding carboxylic acids is 1. The third-order valence-electron chi connectivity index (χ3n) is 7.41. The quantitative estimate of drug-likeness (QED) is 0.794. The predicted molar refractivity (Wildman–Crippen MR) is 115 cm³/mol. The smallest absolute Gasteiger partial charge is 0.254 e. The van der Waals surface area contributed by atoms with Gasteiger partial charge in [0.2, 0.25) is 0 Å². The van der Waals surface area contributed by atoms with Crippen LogP contribution < -0.4 is 4.74 Å². The Morgan fingerprint density at radius 2 is 1.72 bits per heavy atom. The van der Waals surface area contributed by atoms with Gasteiger partial charge >= 0.3 is 0 Å². The van der Waals surface area contributed by atoms with E-state index in [0.29, 0.717) is 23.9 Å². The van der Waals surface area contributed by atoms with Crippen molar-refractivity contribution in [3.05, 3.63) is 64.7 Å². The van der Waals surface area contributed by atoms with Crippen LogP contribution in [0.15, 0.2) is 42.5 Å². The molecule has 0 aromatic heterocycles. The SMILES string of the molecule is COc1ccc([C@@H]2CN(C(=O)c3ccc(C)cc3C)[C@@H]3C4CCN(CC4)[C@@H]32)cc1. The summed E-state index contributed by atoms with van der Waals surface area (Å²) in [7, 11) is 1.71. The zero-order valence-electron chi connectivity index (χ0n) is 17.6. The van der Waals surface area contributed by atoms with Gasteiger partial charge in [-0.05, 0) is 75.0 Å². The molecule has 3 atom stereocenters. The Morgan fingerprint density at radius 1 is 1.00 bits per heavy atom. The summed E-state index contributed by atoms with van der Waals surface area (Å²) >= 11 is 0. The largest absolute Gasteiger partial charge is 0.497 e. The highest BCUT2D eigenvalue weighted by Crippen LogP contribution is 2.47. The van der Waals surface area contributed by atoms with Crippen LogP contribution in [0.1, 0.15) is 45.8 Å². The number of rotatable bonds is 3. The summed E-state index contributed by atoms with van der Waals surface area (Å²) in [5, 5.41) is 0. The van der Waals surface area contributed by atoms with E-state index >= 15 is 0 Å². The van der Waals surface area contributed by atoms with Gasteiger partial charge in [-0.3, -0.25) is 9.69 Å². The van der Waals surface area contributed by atoms with E-state index in [1.165, 1.54) is 37.1 Å². The molecule has 4 heteroatoms. The summed E-state index contributed by atoms with van der Waals surface area (Å²) in [5.74, 6) is 2.09. The number of piperidine rings is 3. The number of methoxy groups -OCH3 is 1. The molecule has 0 saturated carbocycles. The fourth-order valence-electron chi connectivity index (χ4n) is 6.01. The first-order chi connectivity index (χ1) is 14.1. The third-order valence-corrected chi connectivity index (χ3v) is 7.41. The molecule has 6 rings (SSSR count). The molecule has 0 aliphatic carbocycles. The van der Waals surface area contributed by atoms with Gasteiger partial charge in [0.15, 0.2) is 0 Å². The summed E-state index contributed by atoms with van der Waals surface area (Å²) in [6.07, 6.45) is 2.43. The van der Waals surface area contributed by atoms with Crippen molar-refractivity contribution in [2.75, 3.05) is 26.7 Å². The highest BCUT2D eigenvalue weighted by atomic mass is 16.5. The predicted octanol–water partition coefficient (Wildman–Crippen LogP) is 4.01. The van der Waals surface area contributed by atoms with E-state index in [1.54, 1.807) is 7.11 Å². The fourth-order valence-corrected chi connectivity index (χ4v) is 6.01. The van der Waals surface area contributed by atoms with Gasteiger partial charge in [-0.15, -0.1) is 0 Å². The summed E-state index contributed by atoms with van der Waals surface area (Å²) < 4.78 is 5.35. The number of benzene rings is 2. The first-order valence-corrected chi connectivity index (χ1v) is 10.8. The Kier molecular flexibility index (Phi) is 4.62. The minimum Gasteiger partial charge on any atom is -0.497 e. The van der Waals surface area contributed by atoms with Gasteiger partial charge in [-0.1, -0.05) is 29.8 Å². The van der Waals surface area contributed by atoms with E-state index in [-0.39, 0.29) is 5.91 Å². The van der Waals surface area contributed by atoms with Crippen molar-refractivity contribution in [2.45, 2.75) is 44.7 Å². The van der Waals surface area contributed by atoms with E-state index in [2.05, 4.69) is 60.0 Å². The van der Waals surface area contributed by atoms with Crippen molar-refractivity contribution in [3.63, 3.8) is 0 Å². The highest BCUT2D eigenvalue weighted by molar-refractivity contribution is 5.96. The molecule has 152 valence electrons. The molecule has 4 fully saturated rings. The van der Waals surface area contributed by atoms with Crippen LogP contribution in [0.5, 0.6) is 5.75 Å². The van der Waals surface area contributed by atoms with Crippen molar-refractivity contribution in [2.24, 2.45) is 5.92 Å². The third kappa shape index (κ3) is 3.05. The van der Waals surface area contributed by atoms with E-state index < -0.39 is 0 Å². The second kappa shape index (κ2) is 7.17. The van der Waals surface area contributed by atoms with Gasteiger partial charge in [-0.2, -0.15) is 0 Å². The summed E-state index contributed by atoms with van der Waals surface area (Å²) in [4.78, 5) is 18.5. The van der Waals surface area contributed by atoms with Gasteiger partial charge in [0, 0.05) is 24.1 Å². The molecule has 2 aromatic rings. The number of hydrogen-bond donors (Lipinski definition) is 0. The molecule has 2 bridgehead atoms. The summed E-state index contributed by atoms with van der Waals surface area (Å²) in [6.45, 7) is 7.29. The first-order valence-electron chi connectivity index (χ1n) is 10.8. The van der Waals surface area contributed by atoms with Crippen LogP contribution in [0.2, 0.25) is 0 Å². The average molecular weight is 391 g/mol. The Bertz CT molecular complexity index is 915. The second-order valence-corrected chi connectivity index (χ2v) is 9.01. The molecule has 0 spiro atoms. The minimum absolute atomic E-state index is 0.210. The van der Waals surface area contributed by atoms with Gasteiger partial charge in [0.25, 0.3) is 5.91 Å². The number of amides is 1. The molecule has 0 N–H and O–H groups in total. The maximum Gasteiger partial charge on any atom is 0.254 e. The van der Waals surface area contributed by atoms with E-state index in [4.69, 9.17) is 4.74 Å². The number of aryl methyl sites for hydroxylation is 2. The maximum atomic E-state index is 13.7. The lowest BCUT2D eigenvalue weighted by molar-refractivity contribution is -0.00343. The summed E-state index contributed by atoms with van der Waals surface area (Å²) in [5.41, 5.74) is 4.48. The number of ether oxygens (including phenoxy) is 1. The van der Waals surface area contributed by atoms with E-state index in [9.17, 15) is 4.79 Å². The lowest BCUT2D eigenvalue weighted by atomic mass is 9.75. The van der Waals surface area contributed by atoms with Crippen LogP contribution in [0.3, 0.4) is 0 Å². The Labute approximate surface area is 173 Å². The van der Waals surface area contributed by atoms with Gasteiger partial charge in [0.1, 0.15) is 5.75 Å². The molecule has 0 radical (unpaired) electrons. The van der Waals surface area contributed by atoms with Crippen molar-refractivity contribution >= 4 is 5.91 Å². The standard InChI is InChI=1S/C25H30N2O2/c1-16-4-9-21(17(2)14-16)25(28)27-15-22(18-5-7-20(29-3)8-6-18)24-23(27)19-10-12-26(24)13-11-19/h4-9,14,19,22-24H,10-13,15H2,1-3H3/t22-,23+,24+/m0/s1. The normalized spacial score (nSPS) is 30.3. The molecule has 4 nitrogen and oxygen atoms in total. The number of fused-ring (bicyclic) bond motifs is 2. The molecular formula is C25H30N2O2. The van der Waals surface area contributed by atoms with Crippen molar-refractivity contribution in [3.8, 4) is 5.75 Å². The maximum absolute atomic E-state index is 13.7. The number of hydrogen-bond acceptors (Lipinski definition) is 3. The first kappa shape index (κ1) is 18.7. The van der Waals surface area contributed by atoms with Crippen LogP contribution in [0.25, 0.3) is 0 Å². The number of nitrogens with zero attached hydrogens (tertiary/aromatic N) is 2. The monoisotopic (exact) mass is 390 g/mol. The molecule has 4 saturated heterocycles. The zero-order chi connectivity index (χ0) is 20.1. The van der Waals surface area contributed by atoms with Crippen LogP contribution in [0, 0.1) is 19.8 Å². The van der Waals surface area contributed by atoms with E-state index in [0.717, 1.165) is 23.4 Å². The van der Waals surface area contributed by atoms with Crippen LogP contribution >= 0.6 is 0 Å². The van der Waals surface area contributed by atoms with Gasteiger partial charge < -0.3 is 9.64 Å². The fraction of sp³-hybridized carbons (Fsp3) is 0.480. The highest BCUT2D eigenvalue weighted by Gasteiger charge is 2.54. The zero-order valence-corrected chi connectivity index (χ0v) is 17.6. The van der Waals surface area contributed by atoms with E-state index in [1.807, 2.05) is 6.07 Å². The number of likely N-dealkylation sites (tertiary alicyclic amines) is 1. The molecule has 0 unspecified atom stereocenters. The molecule has 4 aliphatic rings. The van der Waals surface area contributed by atoms with Gasteiger partial charge in [0.05, 0.1) is 13.2 Å². The molecule has 1 amide bonds. The second-order valence-electron chi connectivity index (χ2n) is 9.01. The lowest BCUT2D eigenvalue weighted by Crippen LogP contribution is -2.60. The number of carbonyl (C=O) groups is 1. The van der Waals surface area contributed by atoms with Crippen molar-refractivity contribution < 1.29 is 9.53 Å². The van der Waals surface area contributed by atoms with Crippen molar-refractivity contribution in [1.29, 1.82) is 0 Å². The van der Waals surface area contributed by atoms with Gasteiger partial charge in [-0.25, -0.2) is 0 Å². The van der Waals surface area contributed by atoms with Crippen LogP contribution in [-0.2, 0) is 0 Å². The minimum atomic E-state index is 0.210.